The van der Waals surface area contributed by atoms with Crippen LogP contribution in [0.2, 0.25) is 0 Å². The number of hydrogen-bond donors (Lipinski definition) is 0. The van der Waals surface area contributed by atoms with Crippen molar-refractivity contribution >= 4 is 18.3 Å². The van der Waals surface area contributed by atoms with E-state index < -0.39 is 4.92 Å². The number of carbonyl (C=O) groups is 2. The molecular weight excluding hydrogens is 302 g/mol. The van der Waals surface area contributed by atoms with Crippen molar-refractivity contribution < 1.29 is 24.0 Å². The van der Waals surface area contributed by atoms with Crippen LogP contribution in [-0.4, -0.2) is 31.7 Å². The Morgan fingerprint density at radius 2 is 1.48 bits per heavy atom. The molecule has 0 aliphatic heterocycles. The van der Waals surface area contributed by atoms with Gasteiger partial charge in [0.1, 0.15) is 18.3 Å². The van der Waals surface area contributed by atoms with E-state index in [0.29, 0.717) is 11.8 Å². The van der Waals surface area contributed by atoms with Gasteiger partial charge < -0.3 is 9.47 Å². The van der Waals surface area contributed by atoms with Gasteiger partial charge in [-0.15, -0.1) is 0 Å². The SMILES string of the molecule is COc1ccc(C=O)cc1.COc1ccc(C=O)cc1[N+](=O)[O-]. The van der Waals surface area contributed by atoms with E-state index in [1.807, 2.05) is 0 Å². The molecule has 0 saturated carbocycles. The monoisotopic (exact) mass is 317 g/mol. The molecule has 7 nitrogen and oxygen atoms in total. The Hall–Kier alpha value is -3.22. The Balaban J connectivity index is 0.000000238. The number of nitrogens with zero attached hydrogens (tertiary/aromatic N) is 1. The van der Waals surface area contributed by atoms with E-state index in [-0.39, 0.29) is 17.0 Å². The van der Waals surface area contributed by atoms with Gasteiger partial charge in [-0.2, -0.15) is 0 Å². The van der Waals surface area contributed by atoms with E-state index in [0.717, 1.165) is 12.0 Å². The molecule has 2 rings (SSSR count). The van der Waals surface area contributed by atoms with Crippen LogP contribution in [0.3, 0.4) is 0 Å². The van der Waals surface area contributed by atoms with Crippen molar-refractivity contribution in [3.63, 3.8) is 0 Å². The molecule has 0 heterocycles. The van der Waals surface area contributed by atoms with E-state index in [1.54, 1.807) is 31.4 Å². The molecule has 0 radical (unpaired) electrons. The molecule has 0 bridgehead atoms. The number of aldehydes is 2. The first-order valence-electron chi connectivity index (χ1n) is 6.42. The molecule has 23 heavy (non-hydrogen) atoms. The maximum Gasteiger partial charge on any atom is 0.311 e. The van der Waals surface area contributed by atoms with Crippen LogP contribution in [0.5, 0.6) is 11.5 Å². The second-order valence-electron chi connectivity index (χ2n) is 4.20. The number of nitro benzene ring substituents is 1. The number of rotatable bonds is 5. The fourth-order valence-corrected chi connectivity index (χ4v) is 1.61. The maximum atomic E-state index is 10.5. The van der Waals surface area contributed by atoms with Gasteiger partial charge in [0.25, 0.3) is 0 Å². The predicted octanol–water partition coefficient (Wildman–Crippen LogP) is 2.92. The van der Waals surface area contributed by atoms with Crippen LogP contribution in [0.4, 0.5) is 5.69 Å². The summed E-state index contributed by atoms with van der Waals surface area (Å²) in [7, 11) is 2.93. The molecule has 7 heteroatoms. The normalized spacial score (nSPS) is 9.13. The highest BCUT2D eigenvalue weighted by atomic mass is 16.6. The zero-order valence-corrected chi connectivity index (χ0v) is 12.6. The first kappa shape index (κ1) is 17.8. The molecule has 0 aliphatic carbocycles. The largest absolute Gasteiger partial charge is 0.497 e. The Morgan fingerprint density at radius 3 is 1.91 bits per heavy atom. The minimum absolute atomic E-state index is 0.149. The number of carbonyl (C=O) groups excluding carboxylic acids is 2. The molecule has 0 spiro atoms. The Kier molecular flexibility index (Phi) is 6.93. The minimum Gasteiger partial charge on any atom is -0.497 e. The number of benzene rings is 2. The van der Waals surface area contributed by atoms with Crippen LogP contribution in [0.25, 0.3) is 0 Å². The molecule has 0 atom stereocenters. The van der Waals surface area contributed by atoms with Gasteiger partial charge in [-0.25, -0.2) is 0 Å². The molecule has 0 saturated heterocycles. The lowest BCUT2D eigenvalue weighted by atomic mass is 10.2. The fourth-order valence-electron chi connectivity index (χ4n) is 1.61. The molecule has 0 amide bonds. The van der Waals surface area contributed by atoms with Crippen molar-refractivity contribution in [2.75, 3.05) is 14.2 Å². The molecule has 2 aromatic rings. The van der Waals surface area contributed by atoms with E-state index in [1.165, 1.54) is 25.3 Å². The van der Waals surface area contributed by atoms with Crippen LogP contribution < -0.4 is 9.47 Å². The smallest absolute Gasteiger partial charge is 0.311 e. The lowest BCUT2D eigenvalue weighted by molar-refractivity contribution is -0.385. The number of methoxy groups -OCH3 is 2. The highest BCUT2D eigenvalue weighted by molar-refractivity contribution is 5.77. The molecule has 0 N–H and O–H groups in total. The molecule has 2 aromatic carbocycles. The van der Waals surface area contributed by atoms with Gasteiger partial charge >= 0.3 is 5.69 Å². The summed E-state index contributed by atoms with van der Waals surface area (Å²) in [5.41, 5.74) is 0.723. The Bertz CT molecular complexity index is 681. The van der Waals surface area contributed by atoms with Crippen LogP contribution in [0.1, 0.15) is 20.7 Å². The molecule has 0 aromatic heterocycles. The van der Waals surface area contributed by atoms with E-state index >= 15 is 0 Å². The van der Waals surface area contributed by atoms with Gasteiger partial charge in [0.15, 0.2) is 5.75 Å². The third kappa shape index (κ3) is 5.24. The average Bonchev–Trinajstić information content (AvgIpc) is 2.61. The summed E-state index contributed by atoms with van der Waals surface area (Å²) in [6.07, 6.45) is 1.35. The number of hydrogen-bond acceptors (Lipinski definition) is 6. The summed E-state index contributed by atoms with van der Waals surface area (Å²) < 4.78 is 9.65. The lowest BCUT2D eigenvalue weighted by Crippen LogP contribution is -1.94. The molecule has 120 valence electrons. The Morgan fingerprint density at radius 1 is 0.913 bits per heavy atom. The Labute approximate surface area is 132 Å². The van der Waals surface area contributed by atoms with Gasteiger partial charge in [0.05, 0.1) is 19.1 Å². The highest BCUT2D eigenvalue weighted by Gasteiger charge is 2.14. The summed E-state index contributed by atoms with van der Waals surface area (Å²) in [6, 6.07) is 11.0. The van der Waals surface area contributed by atoms with Crippen molar-refractivity contribution in [2.45, 2.75) is 0 Å². The summed E-state index contributed by atoms with van der Waals surface area (Å²) >= 11 is 0. The maximum absolute atomic E-state index is 10.5. The minimum atomic E-state index is -0.591. The molecule has 0 fully saturated rings. The molecule has 0 unspecified atom stereocenters. The zero-order chi connectivity index (χ0) is 17.2. The third-order valence-corrected chi connectivity index (χ3v) is 2.79. The van der Waals surface area contributed by atoms with Gasteiger partial charge in [0, 0.05) is 17.2 Å². The van der Waals surface area contributed by atoms with E-state index in [2.05, 4.69) is 0 Å². The predicted molar refractivity (Wildman–Crippen MR) is 83.4 cm³/mol. The quantitative estimate of drug-likeness (QED) is 0.478. The molecule has 0 aliphatic rings. The summed E-state index contributed by atoms with van der Waals surface area (Å²) in [4.78, 5) is 30.3. The van der Waals surface area contributed by atoms with Crippen molar-refractivity contribution in [1.29, 1.82) is 0 Å². The van der Waals surface area contributed by atoms with Crippen molar-refractivity contribution in [2.24, 2.45) is 0 Å². The second-order valence-corrected chi connectivity index (χ2v) is 4.20. The lowest BCUT2D eigenvalue weighted by Gasteiger charge is -2.00. The van der Waals surface area contributed by atoms with Crippen LogP contribution in [0.15, 0.2) is 42.5 Å². The average molecular weight is 317 g/mol. The highest BCUT2D eigenvalue weighted by Crippen LogP contribution is 2.26. The van der Waals surface area contributed by atoms with Crippen LogP contribution >= 0.6 is 0 Å². The zero-order valence-electron chi connectivity index (χ0n) is 12.6. The van der Waals surface area contributed by atoms with E-state index in [9.17, 15) is 19.7 Å². The summed E-state index contributed by atoms with van der Waals surface area (Å²) in [5, 5.41) is 10.5. The summed E-state index contributed by atoms with van der Waals surface area (Å²) in [5.74, 6) is 0.918. The number of nitro groups is 1. The number of ether oxygens (including phenoxy) is 2. The van der Waals surface area contributed by atoms with Crippen LogP contribution in [-0.2, 0) is 0 Å². The van der Waals surface area contributed by atoms with Gasteiger partial charge in [-0.3, -0.25) is 19.7 Å². The van der Waals surface area contributed by atoms with Gasteiger partial charge in [0.2, 0.25) is 0 Å². The second kappa shape index (κ2) is 8.93. The first-order valence-corrected chi connectivity index (χ1v) is 6.42. The van der Waals surface area contributed by atoms with Crippen molar-refractivity contribution in [3.05, 3.63) is 63.7 Å². The summed E-state index contributed by atoms with van der Waals surface area (Å²) in [6.45, 7) is 0. The molecular formula is C16H15NO6. The fraction of sp³-hybridized carbons (Fsp3) is 0.125. The van der Waals surface area contributed by atoms with Gasteiger partial charge in [-0.1, -0.05) is 0 Å². The van der Waals surface area contributed by atoms with Crippen molar-refractivity contribution in [1.82, 2.24) is 0 Å². The third-order valence-electron chi connectivity index (χ3n) is 2.79. The standard InChI is InChI=1S/C8H7NO4.C8H8O2/c1-13-8-3-2-6(5-10)4-7(8)9(11)12;1-10-8-4-2-7(6-9)3-5-8/h2-5H,1H3;2-6H,1H3. The van der Waals surface area contributed by atoms with Crippen LogP contribution in [0, 0.1) is 10.1 Å². The van der Waals surface area contributed by atoms with Gasteiger partial charge in [-0.05, 0) is 36.4 Å². The van der Waals surface area contributed by atoms with Crippen molar-refractivity contribution in [3.8, 4) is 11.5 Å². The first-order chi connectivity index (χ1) is 11.0. The topological polar surface area (TPSA) is 95.7 Å². The van der Waals surface area contributed by atoms with E-state index in [4.69, 9.17) is 9.47 Å².